The van der Waals surface area contributed by atoms with Crippen molar-refractivity contribution >= 4 is 11.6 Å². The molecule has 0 spiro atoms. The summed E-state index contributed by atoms with van der Waals surface area (Å²) in [5, 5.41) is 4.34. The van der Waals surface area contributed by atoms with E-state index < -0.39 is 0 Å². The molecule has 3 rings (SSSR count). The van der Waals surface area contributed by atoms with Crippen LogP contribution in [0.1, 0.15) is 43.2 Å². The van der Waals surface area contributed by atoms with Crippen LogP contribution < -0.4 is 10.1 Å². The lowest BCUT2D eigenvalue weighted by atomic mass is 9.95. The van der Waals surface area contributed by atoms with Crippen LogP contribution in [0.3, 0.4) is 0 Å². The molecule has 0 aromatic heterocycles. The molecule has 0 saturated heterocycles. The monoisotopic (exact) mass is 347 g/mol. The van der Waals surface area contributed by atoms with Gasteiger partial charge >= 0.3 is 0 Å². The van der Waals surface area contributed by atoms with E-state index in [0.717, 1.165) is 23.4 Å². The zero-order valence-corrected chi connectivity index (χ0v) is 14.5. The molecule has 2 nitrogen and oxygen atoms in total. The molecule has 0 atom stereocenters. The van der Waals surface area contributed by atoms with Crippen molar-refractivity contribution in [2.75, 3.05) is 0 Å². The van der Waals surface area contributed by atoms with Crippen LogP contribution in [0.5, 0.6) is 5.75 Å². The molecule has 0 amide bonds. The lowest BCUT2D eigenvalue weighted by Gasteiger charge is -2.23. The van der Waals surface area contributed by atoms with Crippen LogP contribution in [0.2, 0.25) is 5.02 Å². The van der Waals surface area contributed by atoms with Crippen molar-refractivity contribution < 1.29 is 9.13 Å². The van der Waals surface area contributed by atoms with Crippen molar-refractivity contribution in [3.05, 3.63) is 64.4 Å². The standard InChI is InChI=1S/C20H23ClFNO/c21-17-8-11-20(24-14-15-6-9-18(22)10-7-15)16(12-17)13-23-19-4-2-1-3-5-19/h6-12,19,23H,1-5,13-14H2. The van der Waals surface area contributed by atoms with Gasteiger partial charge in [-0.15, -0.1) is 0 Å². The molecule has 128 valence electrons. The number of halogens is 2. The van der Waals surface area contributed by atoms with E-state index in [1.807, 2.05) is 18.2 Å². The first-order chi connectivity index (χ1) is 11.7. The molecule has 24 heavy (non-hydrogen) atoms. The summed E-state index contributed by atoms with van der Waals surface area (Å²) >= 11 is 6.15. The van der Waals surface area contributed by atoms with E-state index in [9.17, 15) is 4.39 Å². The predicted octanol–water partition coefficient (Wildman–Crippen LogP) is 5.48. The second-order valence-corrected chi connectivity index (χ2v) is 6.82. The third-order valence-electron chi connectivity index (χ3n) is 4.52. The molecule has 1 fully saturated rings. The summed E-state index contributed by atoms with van der Waals surface area (Å²) in [4.78, 5) is 0. The Bertz CT molecular complexity index is 653. The highest BCUT2D eigenvalue weighted by Gasteiger charge is 2.14. The van der Waals surface area contributed by atoms with E-state index in [4.69, 9.17) is 16.3 Å². The zero-order chi connectivity index (χ0) is 16.8. The number of nitrogens with one attached hydrogen (secondary N) is 1. The molecule has 0 bridgehead atoms. The summed E-state index contributed by atoms with van der Waals surface area (Å²) in [6.07, 6.45) is 6.45. The molecule has 2 aromatic carbocycles. The summed E-state index contributed by atoms with van der Waals surface area (Å²) in [5.41, 5.74) is 2.01. The Morgan fingerprint density at radius 1 is 1.04 bits per heavy atom. The summed E-state index contributed by atoms with van der Waals surface area (Å²) in [6, 6.07) is 12.7. The number of hydrogen-bond acceptors (Lipinski definition) is 2. The quantitative estimate of drug-likeness (QED) is 0.747. The summed E-state index contributed by atoms with van der Waals surface area (Å²) in [7, 11) is 0. The molecule has 0 unspecified atom stereocenters. The Kier molecular flexibility index (Phi) is 6.11. The SMILES string of the molecule is Fc1ccc(COc2ccc(Cl)cc2CNC2CCCCC2)cc1. The maximum Gasteiger partial charge on any atom is 0.124 e. The van der Waals surface area contributed by atoms with Crippen LogP contribution in [0.25, 0.3) is 0 Å². The maximum absolute atomic E-state index is 13.0. The molecule has 2 aromatic rings. The second kappa shape index (κ2) is 8.50. The second-order valence-electron chi connectivity index (χ2n) is 6.38. The van der Waals surface area contributed by atoms with Gasteiger partial charge in [-0.2, -0.15) is 0 Å². The maximum atomic E-state index is 13.0. The lowest BCUT2D eigenvalue weighted by Crippen LogP contribution is -2.30. The fourth-order valence-electron chi connectivity index (χ4n) is 3.13. The van der Waals surface area contributed by atoms with Gasteiger partial charge in [0, 0.05) is 23.2 Å². The third kappa shape index (κ3) is 4.96. The fourth-order valence-corrected chi connectivity index (χ4v) is 3.32. The van der Waals surface area contributed by atoms with E-state index in [1.165, 1.54) is 44.2 Å². The van der Waals surface area contributed by atoms with E-state index in [-0.39, 0.29) is 5.82 Å². The Balaban J connectivity index is 1.62. The van der Waals surface area contributed by atoms with Gasteiger partial charge < -0.3 is 10.1 Å². The summed E-state index contributed by atoms with van der Waals surface area (Å²) in [5.74, 6) is 0.592. The first-order valence-corrected chi connectivity index (χ1v) is 8.97. The average molecular weight is 348 g/mol. The van der Waals surface area contributed by atoms with Gasteiger partial charge in [0.2, 0.25) is 0 Å². The number of hydrogen-bond donors (Lipinski definition) is 1. The van der Waals surface area contributed by atoms with Crippen molar-refractivity contribution in [3.63, 3.8) is 0 Å². The summed E-state index contributed by atoms with van der Waals surface area (Å²) < 4.78 is 18.9. The highest BCUT2D eigenvalue weighted by Crippen LogP contribution is 2.25. The van der Waals surface area contributed by atoms with Crippen LogP contribution in [0.15, 0.2) is 42.5 Å². The molecule has 1 N–H and O–H groups in total. The van der Waals surface area contributed by atoms with Crippen LogP contribution in [0.4, 0.5) is 4.39 Å². The van der Waals surface area contributed by atoms with Gasteiger partial charge in [-0.05, 0) is 48.7 Å². The minimum atomic E-state index is -0.234. The Labute approximate surface area is 148 Å². The Morgan fingerprint density at radius 3 is 2.54 bits per heavy atom. The van der Waals surface area contributed by atoms with Gasteiger partial charge in [0.1, 0.15) is 18.2 Å². The van der Waals surface area contributed by atoms with Crippen LogP contribution in [-0.2, 0) is 13.2 Å². The average Bonchev–Trinajstić information content (AvgIpc) is 2.61. The first kappa shape index (κ1) is 17.2. The van der Waals surface area contributed by atoms with Crippen LogP contribution in [0, 0.1) is 5.82 Å². The topological polar surface area (TPSA) is 21.3 Å². The largest absolute Gasteiger partial charge is 0.489 e. The Hall–Kier alpha value is -1.58. The predicted molar refractivity (Wildman–Crippen MR) is 95.9 cm³/mol. The molecular weight excluding hydrogens is 325 g/mol. The zero-order valence-electron chi connectivity index (χ0n) is 13.7. The highest BCUT2D eigenvalue weighted by molar-refractivity contribution is 6.30. The van der Waals surface area contributed by atoms with Gasteiger partial charge in [0.25, 0.3) is 0 Å². The van der Waals surface area contributed by atoms with Gasteiger partial charge in [-0.3, -0.25) is 0 Å². The van der Waals surface area contributed by atoms with E-state index >= 15 is 0 Å². The Morgan fingerprint density at radius 2 is 1.79 bits per heavy atom. The van der Waals surface area contributed by atoms with E-state index in [1.54, 1.807) is 12.1 Å². The molecule has 0 radical (unpaired) electrons. The molecule has 1 saturated carbocycles. The molecule has 4 heteroatoms. The van der Waals surface area contributed by atoms with E-state index in [2.05, 4.69) is 5.32 Å². The van der Waals surface area contributed by atoms with Crippen LogP contribution >= 0.6 is 11.6 Å². The van der Waals surface area contributed by atoms with Crippen molar-refractivity contribution in [2.45, 2.75) is 51.3 Å². The molecule has 0 heterocycles. The minimum absolute atomic E-state index is 0.234. The molecular formula is C20H23ClFNO. The van der Waals surface area contributed by atoms with Crippen molar-refractivity contribution in [3.8, 4) is 5.75 Å². The minimum Gasteiger partial charge on any atom is -0.489 e. The summed E-state index contributed by atoms with van der Waals surface area (Å²) in [6.45, 7) is 1.17. The van der Waals surface area contributed by atoms with Crippen molar-refractivity contribution in [1.29, 1.82) is 0 Å². The third-order valence-corrected chi connectivity index (χ3v) is 4.75. The number of rotatable bonds is 6. The van der Waals surface area contributed by atoms with Gasteiger partial charge in [0.05, 0.1) is 0 Å². The fraction of sp³-hybridized carbons (Fsp3) is 0.400. The molecule has 1 aliphatic carbocycles. The number of benzene rings is 2. The van der Waals surface area contributed by atoms with Crippen molar-refractivity contribution in [1.82, 2.24) is 5.32 Å². The van der Waals surface area contributed by atoms with Crippen molar-refractivity contribution in [2.24, 2.45) is 0 Å². The van der Waals surface area contributed by atoms with Gasteiger partial charge in [0.15, 0.2) is 0 Å². The van der Waals surface area contributed by atoms with Gasteiger partial charge in [-0.25, -0.2) is 4.39 Å². The van der Waals surface area contributed by atoms with E-state index in [0.29, 0.717) is 17.7 Å². The normalized spacial score (nSPS) is 15.4. The van der Waals surface area contributed by atoms with Crippen LogP contribution in [-0.4, -0.2) is 6.04 Å². The molecule has 1 aliphatic rings. The number of ether oxygens (including phenoxy) is 1. The first-order valence-electron chi connectivity index (χ1n) is 8.60. The highest BCUT2D eigenvalue weighted by atomic mass is 35.5. The smallest absolute Gasteiger partial charge is 0.124 e. The molecule has 0 aliphatic heterocycles. The van der Waals surface area contributed by atoms with Gasteiger partial charge in [-0.1, -0.05) is 43.0 Å². The lowest BCUT2D eigenvalue weighted by molar-refractivity contribution is 0.299.